The number of anilines is 2. The van der Waals surface area contributed by atoms with Gasteiger partial charge in [-0.2, -0.15) is 0 Å². The summed E-state index contributed by atoms with van der Waals surface area (Å²) in [6.07, 6.45) is 6.34. The van der Waals surface area contributed by atoms with E-state index in [4.69, 9.17) is 0 Å². The molecule has 1 aliphatic rings. The Morgan fingerprint density at radius 1 is 1.22 bits per heavy atom. The largest absolute Gasteiger partial charge is 0.381 e. The van der Waals surface area contributed by atoms with Crippen LogP contribution in [0.2, 0.25) is 0 Å². The maximum atomic E-state index is 12.6. The van der Waals surface area contributed by atoms with Gasteiger partial charge in [-0.15, -0.1) is 0 Å². The number of nitrogens with zero attached hydrogens (tertiary/aromatic N) is 4. The van der Waals surface area contributed by atoms with E-state index in [0.717, 1.165) is 37.3 Å². The first-order valence-corrected chi connectivity index (χ1v) is 9.36. The van der Waals surface area contributed by atoms with E-state index >= 15 is 0 Å². The van der Waals surface area contributed by atoms with Crippen molar-refractivity contribution in [1.82, 2.24) is 14.5 Å². The maximum Gasteiger partial charge on any atom is 0.250 e. The highest BCUT2D eigenvalue weighted by Crippen LogP contribution is 2.18. The Labute approximate surface area is 159 Å². The van der Waals surface area contributed by atoms with Crippen molar-refractivity contribution in [1.29, 1.82) is 0 Å². The molecule has 3 heterocycles. The van der Waals surface area contributed by atoms with Crippen molar-refractivity contribution in [2.75, 3.05) is 37.4 Å². The number of hydrogen-bond acceptors (Lipinski definition) is 5. The number of nitrogens with one attached hydrogen (secondary N) is 1. The number of amides is 1. The Bertz CT molecular complexity index is 816. The number of likely N-dealkylation sites (tertiary alicyclic amines) is 1. The average Bonchev–Trinajstić information content (AvgIpc) is 2.90. The van der Waals surface area contributed by atoms with Crippen LogP contribution in [0.4, 0.5) is 11.5 Å². The van der Waals surface area contributed by atoms with Gasteiger partial charge < -0.3 is 19.7 Å². The maximum absolute atomic E-state index is 12.6. The Hall–Kier alpha value is -2.83. The Balaban J connectivity index is 1.54. The number of carbonyl (C=O) groups is 1. The van der Waals surface area contributed by atoms with Crippen molar-refractivity contribution in [2.24, 2.45) is 0 Å². The monoisotopic (exact) mass is 369 g/mol. The van der Waals surface area contributed by atoms with Gasteiger partial charge in [0.25, 0.3) is 5.56 Å². The zero-order valence-corrected chi connectivity index (χ0v) is 16.0. The van der Waals surface area contributed by atoms with Crippen LogP contribution in [0.3, 0.4) is 0 Å². The Kier molecular flexibility index (Phi) is 6.11. The van der Waals surface area contributed by atoms with Gasteiger partial charge in [0.05, 0.1) is 11.9 Å². The standard InChI is InChI=1S/C20H27N5O2/c1-23(2)18-9-8-17(14-21-18)22-16-6-5-12-24(13-10-16)20(27)15-25-11-4-3-7-19(25)26/h3-4,7-9,11,14,16,22H,5-6,10,12-13,15H2,1-2H3/t16-/m1/s1. The molecule has 7 heteroatoms. The van der Waals surface area contributed by atoms with Crippen molar-refractivity contribution < 1.29 is 4.79 Å². The van der Waals surface area contributed by atoms with Crippen LogP contribution < -0.4 is 15.8 Å². The van der Waals surface area contributed by atoms with Gasteiger partial charge in [0.15, 0.2) is 0 Å². The van der Waals surface area contributed by atoms with Crippen LogP contribution in [0, 0.1) is 0 Å². The van der Waals surface area contributed by atoms with Gasteiger partial charge in [-0.1, -0.05) is 6.07 Å². The Morgan fingerprint density at radius 3 is 2.78 bits per heavy atom. The van der Waals surface area contributed by atoms with Crippen molar-refractivity contribution >= 4 is 17.4 Å². The first kappa shape index (κ1) is 18.9. The van der Waals surface area contributed by atoms with Gasteiger partial charge in [0, 0.05) is 45.5 Å². The molecule has 0 aliphatic carbocycles. The third-order valence-electron chi connectivity index (χ3n) is 4.86. The smallest absolute Gasteiger partial charge is 0.250 e. The predicted octanol–water partition coefficient (Wildman–Crippen LogP) is 1.80. The number of rotatable bonds is 5. The fraction of sp³-hybridized carbons (Fsp3) is 0.450. The van der Waals surface area contributed by atoms with Crippen molar-refractivity contribution in [2.45, 2.75) is 31.8 Å². The van der Waals surface area contributed by atoms with Crippen molar-refractivity contribution in [3.63, 3.8) is 0 Å². The molecule has 0 saturated carbocycles. The van der Waals surface area contributed by atoms with Crippen LogP contribution >= 0.6 is 0 Å². The third kappa shape index (κ3) is 5.09. The summed E-state index contributed by atoms with van der Waals surface area (Å²) in [5, 5.41) is 3.53. The van der Waals surface area contributed by atoms with Gasteiger partial charge in [0.2, 0.25) is 5.91 Å². The van der Waals surface area contributed by atoms with E-state index in [1.807, 2.05) is 42.2 Å². The summed E-state index contributed by atoms with van der Waals surface area (Å²) in [4.78, 5) is 32.6. The number of aromatic nitrogens is 2. The molecular formula is C20H27N5O2. The van der Waals surface area contributed by atoms with Gasteiger partial charge >= 0.3 is 0 Å². The van der Waals surface area contributed by atoms with Crippen molar-refractivity contribution in [3.8, 4) is 0 Å². The van der Waals surface area contributed by atoms with E-state index in [9.17, 15) is 9.59 Å². The quantitative estimate of drug-likeness (QED) is 0.870. The molecule has 144 valence electrons. The first-order chi connectivity index (χ1) is 13.0. The second kappa shape index (κ2) is 8.70. The summed E-state index contributed by atoms with van der Waals surface area (Å²) in [6.45, 7) is 1.53. The molecule has 1 aliphatic heterocycles. The van der Waals surface area contributed by atoms with Crippen LogP contribution in [0.25, 0.3) is 0 Å². The average molecular weight is 369 g/mol. The van der Waals surface area contributed by atoms with E-state index in [2.05, 4.69) is 10.3 Å². The normalized spacial score (nSPS) is 17.3. The van der Waals surface area contributed by atoms with Crippen LogP contribution in [0.1, 0.15) is 19.3 Å². The van der Waals surface area contributed by atoms with E-state index in [1.165, 1.54) is 10.6 Å². The lowest BCUT2D eigenvalue weighted by molar-refractivity contribution is -0.131. The van der Waals surface area contributed by atoms with E-state index < -0.39 is 0 Å². The fourth-order valence-corrected chi connectivity index (χ4v) is 3.30. The second-order valence-electron chi connectivity index (χ2n) is 7.12. The topological polar surface area (TPSA) is 70.5 Å². The van der Waals surface area contributed by atoms with Gasteiger partial charge in [-0.05, 0) is 37.5 Å². The lowest BCUT2D eigenvalue weighted by Gasteiger charge is -2.21. The van der Waals surface area contributed by atoms with Crippen LogP contribution in [-0.2, 0) is 11.3 Å². The molecular weight excluding hydrogens is 342 g/mol. The van der Waals surface area contributed by atoms with Gasteiger partial charge in [-0.25, -0.2) is 4.98 Å². The van der Waals surface area contributed by atoms with E-state index in [-0.39, 0.29) is 18.0 Å². The van der Waals surface area contributed by atoms with Crippen molar-refractivity contribution in [3.05, 3.63) is 53.1 Å². The SMILES string of the molecule is CN(C)c1ccc(N[C@@H]2CCCN(C(=O)Cn3ccccc3=O)CC2)cn1. The summed E-state index contributed by atoms with van der Waals surface area (Å²) in [5.74, 6) is 0.926. The fourth-order valence-electron chi connectivity index (χ4n) is 3.30. The van der Waals surface area contributed by atoms with Crippen LogP contribution in [0.15, 0.2) is 47.5 Å². The van der Waals surface area contributed by atoms with Crippen LogP contribution in [0.5, 0.6) is 0 Å². The zero-order chi connectivity index (χ0) is 19.2. The molecule has 1 saturated heterocycles. The molecule has 0 unspecified atom stereocenters. The Morgan fingerprint density at radius 2 is 2.07 bits per heavy atom. The summed E-state index contributed by atoms with van der Waals surface area (Å²) >= 11 is 0. The second-order valence-corrected chi connectivity index (χ2v) is 7.12. The van der Waals surface area contributed by atoms with Gasteiger partial charge in [0.1, 0.15) is 12.4 Å². The number of carbonyl (C=O) groups excluding carboxylic acids is 1. The molecule has 7 nitrogen and oxygen atoms in total. The molecule has 0 aromatic carbocycles. The highest BCUT2D eigenvalue weighted by atomic mass is 16.2. The molecule has 1 amide bonds. The lowest BCUT2D eigenvalue weighted by atomic mass is 10.1. The van der Waals surface area contributed by atoms with E-state index in [1.54, 1.807) is 18.3 Å². The molecule has 3 rings (SSSR count). The minimum absolute atomic E-state index is 0.000882. The van der Waals surface area contributed by atoms with Gasteiger partial charge in [-0.3, -0.25) is 9.59 Å². The summed E-state index contributed by atoms with van der Waals surface area (Å²) in [6, 6.07) is 9.28. The molecule has 0 bridgehead atoms. The van der Waals surface area contributed by atoms with E-state index in [0.29, 0.717) is 12.6 Å². The molecule has 2 aromatic rings. The molecule has 27 heavy (non-hydrogen) atoms. The summed E-state index contributed by atoms with van der Waals surface area (Å²) in [7, 11) is 3.94. The van der Waals surface area contributed by atoms with Crippen LogP contribution in [-0.4, -0.2) is 53.6 Å². The molecule has 1 atom stereocenters. The highest BCUT2D eigenvalue weighted by Gasteiger charge is 2.21. The zero-order valence-electron chi connectivity index (χ0n) is 16.0. The molecule has 1 N–H and O–H groups in total. The lowest BCUT2D eigenvalue weighted by Crippen LogP contribution is -2.37. The molecule has 1 fully saturated rings. The summed E-state index contributed by atoms with van der Waals surface area (Å²) in [5.41, 5.74) is 0.857. The highest BCUT2D eigenvalue weighted by molar-refractivity contribution is 5.76. The molecule has 0 radical (unpaired) electrons. The molecule has 2 aromatic heterocycles. The summed E-state index contributed by atoms with van der Waals surface area (Å²) < 4.78 is 1.46. The first-order valence-electron chi connectivity index (χ1n) is 9.36. The predicted molar refractivity (Wildman–Crippen MR) is 107 cm³/mol. The number of hydrogen-bond donors (Lipinski definition) is 1. The minimum atomic E-state index is -0.145. The number of pyridine rings is 2. The molecule has 0 spiro atoms. The minimum Gasteiger partial charge on any atom is -0.381 e. The third-order valence-corrected chi connectivity index (χ3v) is 4.86.